The maximum absolute atomic E-state index is 13.5. The van der Waals surface area contributed by atoms with Crippen LogP contribution in [0.25, 0.3) is 22.0 Å². The van der Waals surface area contributed by atoms with E-state index in [1.165, 1.54) is 25.1 Å². The predicted molar refractivity (Wildman–Crippen MR) is 106 cm³/mol. The van der Waals surface area contributed by atoms with Gasteiger partial charge in [-0.25, -0.2) is 14.4 Å². The number of anilines is 1. The van der Waals surface area contributed by atoms with Crippen molar-refractivity contribution in [1.29, 1.82) is 0 Å². The van der Waals surface area contributed by atoms with E-state index < -0.39 is 0 Å². The lowest BCUT2D eigenvalue weighted by molar-refractivity contribution is 0.221. The monoisotopic (exact) mass is 365 g/mol. The summed E-state index contributed by atoms with van der Waals surface area (Å²) in [5, 5.41) is 4.57. The van der Waals surface area contributed by atoms with Crippen LogP contribution in [-0.4, -0.2) is 46.0 Å². The SMILES string of the molecule is CN(C)[C@H]1CC[C@H](Nc2ncnc3ccc(-c4cncc(F)c4)cc23)CC1. The Morgan fingerprint density at radius 1 is 1.00 bits per heavy atom. The lowest BCUT2D eigenvalue weighted by Gasteiger charge is -2.33. The van der Waals surface area contributed by atoms with E-state index in [9.17, 15) is 4.39 Å². The van der Waals surface area contributed by atoms with Crippen LogP contribution in [0, 0.1) is 5.82 Å². The first kappa shape index (κ1) is 17.8. The first-order valence-electron chi connectivity index (χ1n) is 9.39. The van der Waals surface area contributed by atoms with Crippen LogP contribution >= 0.6 is 0 Å². The number of nitrogens with zero attached hydrogens (tertiary/aromatic N) is 4. The summed E-state index contributed by atoms with van der Waals surface area (Å²) < 4.78 is 13.5. The van der Waals surface area contributed by atoms with Crippen LogP contribution in [0.3, 0.4) is 0 Å². The molecule has 1 aromatic carbocycles. The third-order valence-corrected chi connectivity index (χ3v) is 5.44. The van der Waals surface area contributed by atoms with Gasteiger partial charge in [-0.15, -0.1) is 0 Å². The highest BCUT2D eigenvalue weighted by atomic mass is 19.1. The molecule has 140 valence electrons. The third-order valence-electron chi connectivity index (χ3n) is 5.44. The van der Waals surface area contributed by atoms with Crippen LogP contribution in [-0.2, 0) is 0 Å². The van der Waals surface area contributed by atoms with Crippen molar-refractivity contribution in [2.45, 2.75) is 37.8 Å². The summed E-state index contributed by atoms with van der Waals surface area (Å²) in [7, 11) is 4.30. The van der Waals surface area contributed by atoms with Gasteiger partial charge in [0, 0.05) is 29.2 Å². The molecule has 1 saturated carbocycles. The van der Waals surface area contributed by atoms with Gasteiger partial charge in [-0.1, -0.05) is 6.07 Å². The summed E-state index contributed by atoms with van der Waals surface area (Å²) in [4.78, 5) is 15.1. The van der Waals surface area contributed by atoms with Crippen LogP contribution in [0.1, 0.15) is 25.7 Å². The van der Waals surface area contributed by atoms with Crippen LogP contribution in [0.5, 0.6) is 0 Å². The Labute approximate surface area is 158 Å². The minimum absolute atomic E-state index is 0.340. The lowest BCUT2D eigenvalue weighted by atomic mass is 9.90. The Morgan fingerprint density at radius 2 is 1.81 bits per heavy atom. The van der Waals surface area contributed by atoms with Gasteiger partial charge in [0.05, 0.1) is 11.7 Å². The number of hydrogen-bond donors (Lipinski definition) is 1. The molecule has 4 rings (SSSR count). The molecule has 0 bridgehead atoms. The highest BCUT2D eigenvalue weighted by Crippen LogP contribution is 2.29. The molecule has 3 aromatic rings. The Morgan fingerprint density at radius 3 is 2.56 bits per heavy atom. The maximum Gasteiger partial charge on any atom is 0.142 e. The number of fused-ring (bicyclic) bond motifs is 1. The fraction of sp³-hybridized carbons (Fsp3) is 0.381. The Hall–Kier alpha value is -2.60. The topological polar surface area (TPSA) is 53.9 Å². The average Bonchev–Trinajstić information content (AvgIpc) is 2.68. The van der Waals surface area contributed by atoms with Crippen molar-refractivity contribution in [3.63, 3.8) is 0 Å². The highest BCUT2D eigenvalue weighted by molar-refractivity contribution is 5.92. The molecule has 6 heteroatoms. The average molecular weight is 365 g/mol. The largest absolute Gasteiger partial charge is 0.367 e. The van der Waals surface area contributed by atoms with E-state index in [4.69, 9.17) is 0 Å². The smallest absolute Gasteiger partial charge is 0.142 e. The van der Waals surface area contributed by atoms with Gasteiger partial charge in [-0.3, -0.25) is 4.98 Å². The van der Waals surface area contributed by atoms with E-state index in [1.807, 2.05) is 18.2 Å². The number of nitrogens with one attached hydrogen (secondary N) is 1. The molecular weight excluding hydrogens is 341 g/mol. The Kier molecular flexibility index (Phi) is 4.99. The van der Waals surface area contributed by atoms with Crippen molar-refractivity contribution in [1.82, 2.24) is 19.9 Å². The van der Waals surface area contributed by atoms with Crippen LogP contribution in [0.2, 0.25) is 0 Å². The minimum Gasteiger partial charge on any atom is -0.367 e. The molecule has 0 saturated heterocycles. The molecule has 0 amide bonds. The molecule has 1 aliphatic rings. The lowest BCUT2D eigenvalue weighted by Crippen LogP contribution is -2.36. The van der Waals surface area contributed by atoms with E-state index in [0.717, 1.165) is 40.7 Å². The normalized spacial score (nSPS) is 20.1. The maximum atomic E-state index is 13.5. The Bertz CT molecular complexity index is 935. The summed E-state index contributed by atoms with van der Waals surface area (Å²) in [5.74, 6) is 0.507. The third kappa shape index (κ3) is 3.90. The summed E-state index contributed by atoms with van der Waals surface area (Å²) in [5.41, 5.74) is 2.53. The second kappa shape index (κ2) is 7.56. The molecule has 2 aromatic heterocycles. The molecule has 2 heterocycles. The zero-order valence-electron chi connectivity index (χ0n) is 15.7. The van der Waals surface area contributed by atoms with Crippen LogP contribution in [0.15, 0.2) is 43.0 Å². The summed E-state index contributed by atoms with van der Waals surface area (Å²) in [6.07, 6.45) is 9.11. The molecular formula is C21H24FN5. The second-order valence-corrected chi connectivity index (χ2v) is 7.46. The standard InChI is InChI=1S/C21H24FN5/c1-27(2)18-6-4-17(5-7-18)26-21-19-10-14(3-8-20(19)24-13-25-21)15-9-16(22)12-23-11-15/h3,8-13,17-18H,4-7H2,1-2H3,(H,24,25,26)/t17-,18-. The number of hydrogen-bond acceptors (Lipinski definition) is 5. The molecule has 5 nitrogen and oxygen atoms in total. The molecule has 1 aliphatic carbocycles. The van der Waals surface area contributed by atoms with Gasteiger partial charge in [-0.2, -0.15) is 0 Å². The number of aromatic nitrogens is 3. The fourth-order valence-corrected chi connectivity index (χ4v) is 3.85. The molecule has 27 heavy (non-hydrogen) atoms. The van der Waals surface area contributed by atoms with Crippen LogP contribution < -0.4 is 5.32 Å². The van der Waals surface area contributed by atoms with Crippen molar-refractivity contribution >= 4 is 16.7 Å². The number of rotatable bonds is 4. The van der Waals surface area contributed by atoms with E-state index in [-0.39, 0.29) is 5.82 Å². The van der Waals surface area contributed by atoms with Crippen molar-refractivity contribution in [3.8, 4) is 11.1 Å². The van der Waals surface area contributed by atoms with Gasteiger partial charge >= 0.3 is 0 Å². The quantitative estimate of drug-likeness (QED) is 0.754. The van der Waals surface area contributed by atoms with Crippen molar-refractivity contribution in [2.24, 2.45) is 0 Å². The van der Waals surface area contributed by atoms with Crippen molar-refractivity contribution in [3.05, 3.63) is 48.8 Å². The van der Waals surface area contributed by atoms with Gasteiger partial charge in [0.1, 0.15) is 18.0 Å². The van der Waals surface area contributed by atoms with Crippen molar-refractivity contribution in [2.75, 3.05) is 19.4 Å². The van der Waals surface area contributed by atoms with Gasteiger partial charge in [0.15, 0.2) is 0 Å². The van der Waals surface area contributed by atoms with E-state index in [1.54, 1.807) is 12.5 Å². The van der Waals surface area contributed by atoms with Gasteiger partial charge < -0.3 is 10.2 Å². The molecule has 0 atom stereocenters. The van der Waals surface area contributed by atoms with E-state index >= 15 is 0 Å². The molecule has 0 spiro atoms. The first-order chi connectivity index (χ1) is 13.1. The molecule has 0 radical (unpaired) electrons. The van der Waals surface area contributed by atoms with E-state index in [2.05, 4.69) is 39.3 Å². The molecule has 0 unspecified atom stereocenters. The first-order valence-corrected chi connectivity index (χ1v) is 9.39. The predicted octanol–water partition coefficient (Wildman–Crippen LogP) is 4.12. The molecule has 0 aliphatic heterocycles. The van der Waals surface area contributed by atoms with Crippen LogP contribution in [0.4, 0.5) is 10.2 Å². The minimum atomic E-state index is -0.340. The van der Waals surface area contributed by atoms with Gasteiger partial charge in [0.25, 0.3) is 0 Å². The van der Waals surface area contributed by atoms with Gasteiger partial charge in [-0.05, 0) is 63.5 Å². The summed E-state index contributed by atoms with van der Waals surface area (Å²) in [6.45, 7) is 0. The Balaban J connectivity index is 1.60. The zero-order valence-corrected chi connectivity index (χ0v) is 15.7. The number of pyridine rings is 1. The highest BCUT2D eigenvalue weighted by Gasteiger charge is 2.23. The molecule has 1 N–H and O–H groups in total. The number of benzene rings is 1. The van der Waals surface area contributed by atoms with E-state index in [0.29, 0.717) is 12.1 Å². The summed E-state index contributed by atoms with van der Waals surface area (Å²) >= 11 is 0. The van der Waals surface area contributed by atoms with Crippen molar-refractivity contribution < 1.29 is 4.39 Å². The molecule has 1 fully saturated rings. The number of halogens is 1. The van der Waals surface area contributed by atoms with Gasteiger partial charge in [0.2, 0.25) is 0 Å². The summed E-state index contributed by atoms with van der Waals surface area (Å²) in [6, 6.07) is 8.48. The fourth-order valence-electron chi connectivity index (χ4n) is 3.85. The zero-order chi connectivity index (χ0) is 18.8. The second-order valence-electron chi connectivity index (χ2n) is 7.46.